The zero-order chi connectivity index (χ0) is 13.5. The number of carboxylic acid groups (broad SMARTS) is 1. The number of hydrogen-bond donors (Lipinski definition) is 3. The topological polar surface area (TPSA) is 78.4 Å². The summed E-state index contributed by atoms with van der Waals surface area (Å²) in [5.41, 5.74) is 0.123. The van der Waals surface area contributed by atoms with Crippen LogP contribution < -0.4 is 10.6 Å². The van der Waals surface area contributed by atoms with E-state index >= 15 is 0 Å². The third kappa shape index (κ3) is 8.14. The Hall–Kier alpha value is -1.70. The molecule has 0 fully saturated rings. The monoisotopic (exact) mass is 240 g/mol. The smallest absolute Gasteiger partial charge is 0.327 e. The van der Waals surface area contributed by atoms with Crippen molar-refractivity contribution < 1.29 is 14.7 Å². The highest BCUT2D eigenvalue weighted by Crippen LogP contribution is 2.16. The molecule has 3 N–H and O–H groups in total. The summed E-state index contributed by atoms with van der Waals surface area (Å²) in [6.45, 7) is 6.68. The van der Waals surface area contributed by atoms with Crippen molar-refractivity contribution in [3.05, 3.63) is 0 Å². The largest absolute Gasteiger partial charge is 0.480 e. The first kappa shape index (κ1) is 15.3. The maximum Gasteiger partial charge on any atom is 0.327 e. The third-order valence-corrected chi connectivity index (χ3v) is 2.09. The van der Waals surface area contributed by atoms with Gasteiger partial charge in [0.25, 0.3) is 0 Å². The number of aliphatic carboxylic acids is 1. The first-order chi connectivity index (χ1) is 7.76. The van der Waals surface area contributed by atoms with Crippen LogP contribution >= 0.6 is 0 Å². The van der Waals surface area contributed by atoms with Crippen molar-refractivity contribution in [1.82, 2.24) is 10.6 Å². The predicted octanol–water partition coefficient (Wildman–Crippen LogP) is 1.20. The molecule has 0 spiro atoms. The van der Waals surface area contributed by atoms with Crippen molar-refractivity contribution in [2.45, 2.75) is 39.7 Å². The molecule has 0 heterocycles. The van der Waals surface area contributed by atoms with Gasteiger partial charge in [-0.25, -0.2) is 9.59 Å². The first-order valence-corrected chi connectivity index (χ1v) is 5.47. The highest BCUT2D eigenvalue weighted by Gasteiger charge is 2.18. The number of carbonyl (C=O) groups excluding carboxylic acids is 1. The van der Waals surface area contributed by atoms with Gasteiger partial charge in [0.2, 0.25) is 0 Å². The van der Waals surface area contributed by atoms with Gasteiger partial charge in [-0.05, 0) is 11.8 Å². The molecule has 0 aromatic rings. The molecular weight excluding hydrogens is 220 g/mol. The molecule has 5 nitrogen and oxygen atoms in total. The van der Waals surface area contributed by atoms with Crippen LogP contribution in [-0.4, -0.2) is 29.7 Å². The number of carbonyl (C=O) groups is 2. The van der Waals surface area contributed by atoms with Crippen LogP contribution in [0.4, 0.5) is 4.79 Å². The molecule has 1 unspecified atom stereocenters. The molecule has 0 aliphatic carbocycles. The number of nitrogens with one attached hydrogen (secondary N) is 2. The molecule has 2 amide bonds. The van der Waals surface area contributed by atoms with E-state index in [1.807, 2.05) is 0 Å². The van der Waals surface area contributed by atoms with E-state index in [4.69, 9.17) is 11.5 Å². The van der Waals surface area contributed by atoms with E-state index in [2.05, 4.69) is 37.3 Å². The van der Waals surface area contributed by atoms with E-state index in [0.717, 1.165) is 6.42 Å². The van der Waals surface area contributed by atoms with E-state index < -0.39 is 18.0 Å². The number of carboxylic acids is 1. The van der Waals surface area contributed by atoms with Gasteiger partial charge >= 0.3 is 12.0 Å². The molecule has 5 heteroatoms. The number of amides is 2. The average Bonchev–Trinajstić information content (AvgIpc) is 2.14. The van der Waals surface area contributed by atoms with Crippen molar-refractivity contribution in [2.24, 2.45) is 5.41 Å². The molecule has 0 aromatic carbocycles. The third-order valence-electron chi connectivity index (χ3n) is 2.09. The van der Waals surface area contributed by atoms with E-state index in [-0.39, 0.29) is 11.8 Å². The average molecular weight is 240 g/mol. The van der Waals surface area contributed by atoms with E-state index in [1.54, 1.807) is 0 Å². The molecule has 0 rings (SSSR count). The summed E-state index contributed by atoms with van der Waals surface area (Å²) in [6, 6.07) is -1.54. The van der Waals surface area contributed by atoms with Crippen LogP contribution in [0.2, 0.25) is 0 Å². The van der Waals surface area contributed by atoms with Crippen molar-refractivity contribution in [3.63, 3.8) is 0 Å². The summed E-state index contributed by atoms with van der Waals surface area (Å²) >= 11 is 0. The fourth-order valence-electron chi connectivity index (χ4n) is 1.08. The zero-order valence-electron chi connectivity index (χ0n) is 10.5. The molecular formula is C12H20N2O3. The van der Waals surface area contributed by atoms with Gasteiger partial charge in [-0.1, -0.05) is 20.8 Å². The highest BCUT2D eigenvalue weighted by molar-refractivity contribution is 5.82. The Morgan fingerprint density at radius 2 is 2.00 bits per heavy atom. The summed E-state index contributed by atoms with van der Waals surface area (Å²) in [5, 5.41) is 13.7. The van der Waals surface area contributed by atoms with Gasteiger partial charge in [0.15, 0.2) is 0 Å². The predicted molar refractivity (Wildman–Crippen MR) is 65.5 cm³/mol. The van der Waals surface area contributed by atoms with Gasteiger partial charge in [0, 0.05) is 13.0 Å². The Bertz CT molecular complexity index is 313. The number of hydrogen-bond acceptors (Lipinski definition) is 2. The standard InChI is InChI=1S/C12H20N2O3/c1-5-6-9(10(15)16)14-11(17)13-8-7-12(2,3)4/h1,9H,6-8H2,2-4H3,(H,15,16)(H2,13,14,17). The van der Waals surface area contributed by atoms with Crippen LogP contribution in [0, 0.1) is 17.8 Å². The first-order valence-electron chi connectivity index (χ1n) is 5.47. The van der Waals surface area contributed by atoms with Crippen LogP contribution in [-0.2, 0) is 4.79 Å². The molecule has 0 aliphatic rings. The quantitative estimate of drug-likeness (QED) is 0.632. The lowest BCUT2D eigenvalue weighted by molar-refractivity contribution is -0.139. The summed E-state index contributed by atoms with van der Waals surface area (Å²) in [5.74, 6) is 1.08. The van der Waals surface area contributed by atoms with E-state index in [1.165, 1.54) is 0 Å². The molecule has 0 saturated carbocycles. The van der Waals surface area contributed by atoms with Crippen LogP contribution in [0.5, 0.6) is 0 Å². The van der Waals surface area contributed by atoms with Gasteiger partial charge in [0.1, 0.15) is 6.04 Å². The highest BCUT2D eigenvalue weighted by atomic mass is 16.4. The second-order valence-electron chi connectivity index (χ2n) is 5.01. The van der Waals surface area contributed by atoms with E-state index in [9.17, 15) is 9.59 Å². The summed E-state index contributed by atoms with van der Waals surface area (Å²) in [6.07, 6.45) is 5.80. The number of terminal acetylenes is 1. The molecule has 0 bridgehead atoms. The zero-order valence-corrected chi connectivity index (χ0v) is 10.5. The lowest BCUT2D eigenvalue weighted by Gasteiger charge is -2.19. The minimum Gasteiger partial charge on any atom is -0.480 e. The van der Waals surface area contributed by atoms with Crippen LogP contribution in [0.25, 0.3) is 0 Å². The van der Waals surface area contributed by atoms with Gasteiger partial charge < -0.3 is 15.7 Å². The van der Waals surface area contributed by atoms with Crippen LogP contribution in [0.1, 0.15) is 33.6 Å². The Balaban J connectivity index is 4.00. The Labute approximate surface area is 102 Å². The molecule has 17 heavy (non-hydrogen) atoms. The normalized spacial score (nSPS) is 12.4. The van der Waals surface area contributed by atoms with E-state index in [0.29, 0.717) is 6.54 Å². The van der Waals surface area contributed by atoms with Gasteiger partial charge in [0.05, 0.1) is 0 Å². The summed E-state index contributed by atoms with van der Waals surface area (Å²) < 4.78 is 0. The molecule has 0 radical (unpaired) electrons. The summed E-state index contributed by atoms with van der Waals surface area (Å²) in [4.78, 5) is 22.1. The number of urea groups is 1. The van der Waals surface area contributed by atoms with Gasteiger partial charge in [-0.2, -0.15) is 0 Å². The Kier molecular flexibility index (Phi) is 6.11. The van der Waals surface area contributed by atoms with Crippen molar-refractivity contribution in [1.29, 1.82) is 0 Å². The van der Waals surface area contributed by atoms with Crippen molar-refractivity contribution in [3.8, 4) is 12.3 Å². The minimum atomic E-state index is -1.13. The lowest BCUT2D eigenvalue weighted by Crippen LogP contribution is -2.46. The molecule has 0 saturated heterocycles. The fourth-order valence-corrected chi connectivity index (χ4v) is 1.08. The SMILES string of the molecule is C#CCC(NC(=O)NCCC(C)(C)C)C(=O)O. The number of rotatable bonds is 5. The maximum atomic E-state index is 11.4. The van der Waals surface area contributed by atoms with Gasteiger partial charge in [-0.15, -0.1) is 12.3 Å². The van der Waals surface area contributed by atoms with Crippen molar-refractivity contribution in [2.75, 3.05) is 6.54 Å². The minimum absolute atomic E-state index is 0.0258. The second-order valence-corrected chi connectivity index (χ2v) is 5.01. The Morgan fingerprint density at radius 1 is 1.41 bits per heavy atom. The Morgan fingerprint density at radius 3 is 2.41 bits per heavy atom. The molecule has 0 aromatic heterocycles. The fraction of sp³-hybridized carbons (Fsp3) is 0.667. The lowest BCUT2D eigenvalue weighted by atomic mass is 9.92. The molecule has 96 valence electrons. The van der Waals surface area contributed by atoms with Crippen LogP contribution in [0.15, 0.2) is 0 Å². The summed E-state index contributed by atoms with van der Waals surface area (Å²) in [7, 11) is 0. The maximum absolute atomic E-state index is 11.4. The van der Waals surface area contributed by atoms with Crippen LogP contribution in [0.3, 0.4) is 0 Å². The molecule has 0 aliphatic heterocycles. The van der Waals surface area contributed by atoms with Crippen molar-refractivity contribution >= 4 is 12.0 Å². The molecule has 1 atom stereocenters. The second kappa shape index (κ2) is 6.79. The van der Waals surface area contributed by atoms with Gasteiger partial charge in [-0.3, -0.25) is 0 Å².